The Bertz CT molecular complexity index is 595. The van der Waals surface area contributed by atoms with Crippen molar-refractivity contribution >= 4 is 11.6 Å². The zero-order valence-corrected chi connectivity index (χ0v) is 12.9. The highest BCUT2D eigenvalue weighted by Gasteiger charge is 2.19. The van der Waals surface area contributed by atoms with Crippen molar-refractivity contribution in [3.8, 4) is 0 Å². The summed E-state index contributed by atoms with van der Waals surface area (Å²) in [5.41, 5.74) is 3.51. The monoisotopic (exact) mass is 293 g/mol. The van der Waals surface area contributed by atoms with Gasteiger partial charge in [0.15, 0.2) is 0 Å². The van der Waals surface area contributed by atoms with E-state index in [-0.39, 0.29) is 0 Å². The highest BCUT2D eigenvalue weighted by Crippen LogP contribution is 2.26. The zero-order valence-electron chi connectivity index (χ0n) is 12.1. The van der Waals surface area contributed by atoms with Crippen LogP contribution in [-0.2, 0) is 19.4 Å². The molecule has 1 unspecified atom stereocenters. The Kier molecular flexibility index (Phi) is 4.78. The fourth-order valence-electron chi connectivity index (χ4n) is 2.24. The van der Waals surface area contributed by atoms with E-state index in [1.165, 1.54) is 0 Å². The molecule has 0 aliphatic carbocycles. The molecule has 108 valence electrons. The Labute approximate surface area is 124 Å². The maximum atomic E-state index is 10.4. The van der Waals surface area contributed by atoms with Crippen molar-refractivity contribution in [2.75, 3.05) is 0 Å². The molecular weight excluding hydrogens is 274 g/mol. The van der Waals surface area contributed by atoms with Crippen LogP contribution in [0.25, 0.3) is 0 Å². The molecule has 0 fully saturated rings. The van der Waals surface area contributed by atoms with Crippen LogP contribution in [-0.4, -0.2) is 19.9 Å². The molecule has 1 atom stereocenters. The number of aromatic nitrogens is 3. The van der Waals surface area contributed by atoms with Crippen molar-refractivity contribution in [3.63, 3.8) is 0 Å². The summed E-state index contributed by atoms with van der Waals surface area (Å²) < 4.78 is 1.86. The quantitative estimate of drug-likeness (QED) is 0.921. The molecule has 0 spiro atoms. The molecule has 5 heteroatoms. The maximum Gasteiger partial charge on any atom is 0.102 e. The summed E-state index contributed by atoms with van der Waals surface area (Å²) >= 11 is 6.36. The largest absolute Gasteiger partial charge is 0.386 e. The summed E-state index contributed by atoms with van der Waals surface area (Å²) in [6.45, 7) is 6.76. The predicted octanol–water partition coefficient (Wildman–Crippen LogP) is 3.10. The summed E-state index contributed by atoms with van der Waals surface area (Å²) in [5.74, 6) is 0. The van der Waals surface area contributed by atoms with E-state index < -0.39 is 6.10 Å². The summed E-state index contributed by atoms with van der Waals surface area (Å²) in [7, 11) is 0. The van der Waals surface area contributed by atoms with Crippen molar-refractivity contribution in [1.29, 1.82) is 0 Å². The fourth-order valence-corrected chi connectivity index (χ4v) is 2.59. The molecule has 0 saturated carbocycles. The molecule has 4 nitrogen and oxygen atoms in total. The predicted molar refractivity (Wildman–Crippen MR) is 79.9 cm³/mol. The van der Waals surface area contributed by atoms with E-state index in [1.807, 2.05) is 37.6 Å². The average Bonchev–Trinajstić information content (AvgIpc) is 2.75. The van der Waals surface area contributed by atoms with Gasteiger partial charge in [-0.25, -0.2) is 0 Å². The first-order valence-corrected chi connectivity index (χ1v) is 7.29. The van der Waals surface area contributed by atoms with Gasteiger partial charge in [-0.2, -0.15) is 5.10 Å². The summed E-state index contributed by atoms with van der Waals surface area (Å²) in [6.07, 6.45) is 2.26. The molecule has 0 radical (unpaired) electrons. The van der Waals surface area contributed by atoms with Crippen LogP contribution >= 0.6 is 11.6 Å². The number of rotatable bonds is 5. The average molecular weight is 294 g/mol. The lowest BCUT2D eigenvalue weighted by Crippen LogP contribution is -2.10. The highest BCUT2D eigenvalue weighted by atomic mass is 35.5. The van der Waals surface area contributed by atoms with Crippen LogP contribution in [0.4, 0.5) is 0 Å². The minimum absolute atomic E-state index is 0.427. The molecule has 0 aromatic carbocycles. The molecule has 0 aliphatic rings. The summed E-state index contributed by atoms with van der Waals surface area (Å²) in [6, 6.07) is 3.81. The van der Waals surface area contributed by atoms with E-state index in [1.54, 1.807) is 6.20 Å². The molecule has 2 heterocycles. The molecule has 2 aromatic rings. The van der Waals surface area contributed by atoms with Gasteiger partial charge in [0.1, 0.15) is 6.10 Å². The van der Waals surface area contributed by atoms with Crippen molar-refractivity contribution in [2.45, 2.75) is 46.3 Å². The van der Waals surface area contributed by atoms with Crippen LogP contribution in [0.1, 0.15) is 42.6 Å². The zero-order chi connectivity index (χ0) is 14.7. The van der Waals surface area contributed by atoms with Crippen LogP contribution in [0.3, 0.4) is 0 Å². The number of hydrogen-bond acceptors (Lipinski definition) is 3. The van der Waals surface area contributed by atoms with Crippen molar-refractivity contribution < 1.29 is 5.11 Å². The van der Waals surface area contributed by atoms with Crippen LogP contribution in [0.5, 0.6) is 0 Å². The molecule has 1 N–H and O–H groups in total. The number of aliphatic hydroxyl groups excluding tert-OH is 1. The topological polar surface area (TPSA) is 50.9 Å². The van der Waals surface area contributed by atoms with E-state index in [0.717, 1.165) is 29.9 Å². The third-order valence-electron chi connectivity index (χ3n) is 3.36. The number of nitrogens with zero attached hydrogens (tertiary/aromatic N) is 3. The minimum Gasteiger partial charge on any atom is -0.386 e. The highest BCUT2D eigenvalue weighted by molar-refractivity contribution is 6.31. The van der Waals surface area contributed by atoms with Crippen molar-refractivity contribution in [2.24, 2.45) is 0 Å². The first-order chi connectivity index (χ1) is 9.56. The second kappa shape index (κ2) is 6.37. The van der Waals surface area contributed by atoms with E-state index in [2.05, 4.69) is 10.1 Å². The van der Waals surface area contributed by atoms with Crippen LogP contribution in [0.15, 0.2) is 18.3 Å². The minimum atomic E-state index is -0.667. The third-order valence-corrected chi connectivity index (χ3v) is 3.80. The number of hydrogen-bond donors (Lipinski definition) is 1. The van der Waals surface area contributed by atoms with Gasteiger partial charge in [0.25, 0.3) is 0 Å². The van der Waals surface area contributed by atoms with E-state index in [0.29, 0.717) is 17.1 Å². The fraction of sp³-hybridized carbons (Fsp3) is 0.467. The third kappa shape index (κ3) is 3.02. The van der Waals surface area contributed by atoms with Crippen molar-refractivity contribution in [1.82, 2.24) is 14.8 Å². The SMILES string of the molecule is CCc1nn(CC)c(CC(O)c2cc(C)ccn2)c1Cl. The van der Waals surface area contributed by atoms with Gasteiger partial charge in [0, 0.05) is 19.2 Å². The summed E-state index contributed by atoms with van der Waals surface area (Å²) in [5, 5.41) is 15.5. The Morgan fingerprint density at radius 2 is 2.15 bits per heavy atom. The molecule has 0 amide bonds. The van der Waals surface area contributed by atoms with Gasteiger partial charge in [0.2, 0.25) is 0 Å². The Hall–Kier alpha value is -1.39. The van der Waals surface area contributed by atoms with Crippen LogP contribution in [0, 0.1) is 6.92 Å². The molecule has 0 saturated heterocycles. The Morgan fingerprint density at radius 1 is 1.40 bits per heavy atom. The normalized spacial score (nSPS) is 12.7. The van der Waals surface area contributed by atoms with Gasteiger partial charge < -0.3 is 5.11 Å². The van der Waals surface area contributed by atoms with Gasteiger partial charge in [0.05, 0.1) is 22.1 Å². The van der Waals surface area contributed by atoms with Gasteiger partial charge >= 0.3 is 0 Å². The van der Waals surface area contributed by atoms with Gasteiger partial charge in [-0.1, -0.05) is 18.5 Å². The molecule has 2 aromatic heterocycles. The first kappa shape index (κ1) is 15.0. The number of halogens is 1. The molecular formula is C15H20ClN3O. The number of aryl methyl sites for hydroxylation is 3. The second-order valence-corrected chi connectivity index (χ2v) is 5.23. The van der Waals surface area contributed by atoms with Crippen molar-refractivity contribution in [3.05, 3.63) is 46.0 Å². The number of aliphatic hydroxyl groups is 1. The van der Waals surface area contributed by atoms with E-state index >= 15 is 0 Å². The Morgan fingerprint density at radius 3 is 2.75 bits per heavy atom. The van der Waals surface area contributed by atoms with E-state index in [9.17, 15) is 5.11 Å². The van der Waals surface area contributed by atoms with Crippen LogP contribution < -0.4 is 0 Å². The number of pyridine rings is 1. The second-order valence-electron chi connectivity index (χ2n) is 4.85. The lowest BCUT2D eigenvalue weighted by atomic mass is 10.1. The maximum absolute atomic E-state index is 10.4. The van der Waals surface area contributed by atoms with Crippen LogP contribution in [0.2, 0.25) is 5.02 Å². The smallest absolute Gasteiger partial charge is 0.102 e. The molecule has 0 bridgehead atoms. The summed E-state index contributed by atoms with van der Waals surface area (Å²) in [4.78, 5) is 4.23. The first-order valence-electron chi connectivity index (χ1n) is 6.91. The lowest BCUT2D eigenvalue weighted by Gasteiger charge is -2.12. The van der Waals surface area contributed by atoms with E-state index in [4.69, 9.17) is 11.6 Å². The molecule has 0 aliphatic heterocycles. The lowest BCUT2D eigenvalue weighted by molar-refractivity contribution is 0.170. The molecule has 20 heavy (non-hydrogen) atoms. The Balaban J connectivity index is 2.27. The van der Waals surface area contributed by atoms with Gasteiger partial charge in [-0.15, -0.1) is 0 Å². The molecule has 2 rings (SSSR count). The van der Waals surface area contributed by atoms with Gasteiger partial charge in [-0.3, -0.25) is 9.67 Å². The van der Waals surface area contributed by atoms with Gasteiger partial charge in [-0.05, 0) is 38.0 Å². The standard InChI is InChI=1S/C15H20ClN3O/c1-4-11-15(16)13(19(5-2)18-11)9-14(20)12-8-10(3)6-7-17-12/h6-8,14,20H,4-5,9H2,1-3H3.